The number of nitrogens with one attached hydrogen (secondary N) is 1. The third kappa shape index (κ3) is 4.90. The second-order valence-electron chi connectivity index (χ2n) is 7.99. The van der Waals surface area contributed by atoms with E-state index in [0.717, 1.165) is 36.3 Å². The number of thiophene rings is 1. The number of anilines is 1. The number of benzene rings is 1. The van der Waals surface area contributed by atoms with Gasteiger partial charge in [-0.05, 0) is 30.5 Å². The minimum absolute atomic E-state index is 0.00390. The van der Waals surface area contributed by atoms with Crippen molar-refractivity contribution in [2.45, 2.75) is 25.4 Å². The second kappa shape index (κ2) is 10.1. The zero-order chi connectivity index (χ0) is 23.4. The molecule has 1 aliphatic rings. The molecule has 3 aromatic rings. The molecule has 1 aliphatic heterocycles. The van der Waals surface area contributed by atoms with Crippen molar-refractivity contribution < 1.29 is 9.53 Å². The van der Waals surface area contributed by atoms with Crippen LogP contribution >= 0.6 is 11.3 Å². The van der Waals surface area contributed by atoms with Gasteiger partial charge in [0.05, 0.1) is 35.2 Å². The van der Waals surface area contributed by atoms with Gasteiger partial charge in [0.2, 0.25) is 5.95 Å². The van der Waals surface area contributed by atoms with Crippen molar-refractivity contribution in [3.05, 3.63) is 56.7 Å². The number of methoxy groups -OCH3 is 1. The van der Waals surface area contributed by atoms with E-state index in [2.05, 4.69) is 11.4 Å². The molecule has 3 heterocycles. The maximum absolute atomic E-state index is 13.6. The largest absolute Gasteiger partial charge is 0.383 e. The van der Waals surface area contributed by atoms with E-state index in [1.165, 1.54) is 0 Å². The number of amides is 1. The molecule has 0 bridgehead atoms. The number of nitrogens with two attached hydrogens (primary N) is 1. The maximum atomic E-state index is 13.6. The van der Waals surface area contributed by atoms with Gasteiger partial charge in [-0.15, -0.1) is 11.3 Å². The van der Waals surface area contributed by atoms with Crippen LogP contribution in [0.2, 0.25) is 0 Å². The van der Waals surface area contributed by atoms with E-state index >= 15 is 0 Å². The first-order chi connectivity index (χ1) is 16.0. The lowest BCUT2D eigenvalue weighted by Gasteiger charge is -2.33. The van der Waals surface area contributed by atoms with Gasteiger partial charge in [-0.2, -0.15) is 5.26 Å². The molecule has 33 heavy (non-hydrogen) atoms. The van der Waals surface area contributed by atoms with Gasteiger partial charge in [0.25, 0.3) is 11.5 Å². The summed E-state index contributed by atoms with van der Waals surface area (Å²) in [6.45, 7) is 2.31. The van der Waals surface area contributed by atoms with Crippen LogP contribution in [-0.4, -0.2) is 54.9 Å². The molecule has 2 aromatic heterocycles. The van der Waals surface area contributed by atoms with E-state index < -0.39 is 0 Å². The molecule has 1 atom stereocenters. The number of hydrogen-bond donors (Lipinski definition) is 2. The van der Waals surface area contributed by atoms with E-state index in [9.17, 15) is 14.9 Å². The molecule has 9 nitrogen and oxygen atoms in total. The normalized spacial score (nSPS) is 16.0. The van der Waals surface area contributed by atoms with E-state index in [0.29, 0.717) is 46.3 Å². The Morgan fingerprint density at radius 3 is 3.00 bits per heavy atom. The van der Waals surface area contributed by atoms with E-state index in [1.54, 1.807) is 29.9 Å². The van der Waals surface area contributed by atoms with Crippen molar-refractivity contribution >= 4 is 33.4 Å². The highest BCUT2D eigenvalue weighted by Gasteiger charge is 2.24. The van der Waals surface area contributed by atoms with Crippen LogP contribution < -0.4 is 21.5 Å². The highest BCUT2D eigenvalue weighted by molar-refractivity contribution is 7.20. The molecule has 1 fully saturated rings. The number of ether oxygens (including phenoxy) is 1. The number of piperidine rings is 1. The summed E-state index contributed by atoms with van der Waals surface area (Å²) >= 11 is 1.12. The predicted octanol–water partition coefficient (Wildman–Crippen LogP) is 1.68. The molecule has 0 radical (unpaired) electrons. The summed E-state index contributed by atoms with van der Waals surface area (Å²) in [5, 5.41) is 12.3. The smallest absolute Gasteiger partial charge is 0.273 e. The summed E-state index contributed by atoms with van der Waals surface area (Å²) in [7, 11) is 1.57. The average Bonchev–Trinajstić information content (AvgIpc) is 3.26. The van der Waals surface area contributed by atoms with Crippen molar-refractivity contribution in [3.63, 3.8) is 0 Å². The minimum atomic E-state index is -0.266. The molecular formula is C23H26N6O3S. The minimum Gasteiger partial charge on any atom is -0.383 e. The van der Waals surface area contributed by atoms with Crippen LogP contribution in [0.25, 0.3) is 10.2 Å². The quantitative estimate of drug-likeness (QED) is 0.507. The lowest BCUT2D eigenvalue weighted by atomic mass is 10.1. The van der Waals surface area contributed by atoms with Crippen LogP contribution in [0.3, 0.4) is 0 Å². The van der Waals surface area contributed by atoms with Gasteiger partial charge >= 0.3 is 0 Å². The van der Waals surface area contributed by atoms with Gasteiger partial charge in [-0.25, -0.2) is 4.98 Å². The fraction of sp³-hybridized carbons (Fsp3) is 0.391. The Morgan fingerprint density at radius 1 is 1.42 bits per heavy atom. The molecule has 1 saturated heterocycles. The van der Waals surface area contributed by atoms with Crippen molar-refractivity contribution in [2.24, 2.45) is 5.73 Å². The Labute approximate surface area is 195 Å². The van der Waals surface area contributed by atoms with Crippen LogP contribution in [-0.2, 0) is 11.3 Å². The lowest BCUT2D eigenvalue weighted by molar-refractivity contribution is 0.0941. The van der Waals surface area contributed by atoms with Crippen molar-refractivity contribution in [3.8, 4) is 6.07 Å². The zero-order valence-electron chi connectivity index (χ0n) is 18.4. The zero-order valence-corrected chi connectivity index (χ0v) is 19.2. The van der Waals surface area contributed by atoms with Crippen LogP contribution in [0, 0.1) is 11.3 Å². The molecule has 3 N–H and O–H groups in total. The van der Waals surface area contributed by atoms with Crippen LogP contribution in [0.5, 0.6) is 0 Å². The predicted molar refractivity (Wildman–Crippen MR) is 128 cm³/mol. The molecule has 172 valence electrons. The second-order valence-corrected chi connectivity index (χ2v) is 9.05. The number of hydrogen-bond acceptors (Lipinski definition) is 8. The third-order valence-corrected chi connectivity index (χ3v) is 6.75. The Bertz CT molecular complexity index is 1260. The first-order valence-corrected chi connectivity index (χ1v) is 11.6. The lowest BCUT2D eigenvalue weighted by Crippen LogP contribution is -2.45. The van der Waals surface area contributed by atoms with Crippen LogP contribution in [0.15, 0.2) is 35.1 Å². The van der Waals surface area contributed by atoms with E-state index in [4.69, 9.17) is 15.5 Å². The van der Waals surface area contributed by atoms with Crippen molar-refractivity contribution in [1.82, 2.24) is 14.9 Å². The molecular weight excluding hydrogens is 440 g/mol. The van der Waals surface area contributed by atoms with Gasteiger partial charge in [0.15, 0.2) is 0 Å². The van der Waals surface area contributed by atoms with Gasteiger partial charge in [-0.3, -0.25) is 14.2 Å². The standard InChI is InChI=1S/C23H26N6O3S/c1-32-10-8-26-21(30)19-11-18-20(33-19)22(31)29(13-16-6-3-2-5-15(16)12-24)23(27-18)28-9-4-7-17(25)14-28/h2-3,5-6,11,17H,4,7-10,13-14,25H2,1H3,(H,26,30). The average molecular weight is 467 g/mol. The summed E-state index contributed by atoms with van der Waals surface area (Å²) in [5.41, 5.74) is 7.70. The molecule has 0 aliphatic carbocycles. The molecule has 0 saturated carbocycles. The Balaban J connectivity index is 1.80. The van der Waals surface area contributed by atoms with Gasteiger partial charge in [-0.1, -0.05) is 18.2 Å². The van der Waals surface area contributed by atoms with Crippen molar-refractivity contribution in [1.29, 1.82) is 5.26 Å². The third-order valence-electron chi connectivity index (χ3n) is 5.64. The summed E-state index contributed by atoms with van der Waals surface area (Å²) < 4.78 is 6.98. The van der Waals surface area contributed by atoms with Gasteiger partial charge in [0.1, 0.15) is 4.70 Å². The number of aromatic nitrogens is 2. The Morgan fingerprint density at radius 2 is 2.24 bits per heavy atom. The van der Waals surface area contributed by atoms with Crippen LogP contribution in [0.4, 0.5) is 5.95 Å². The first kappa shape index (κ1) is 22.9. The molecule has 1 amide bonds. The number of carbonyl (C=O) groups excluding carboxylic acids is 1. The SMILES string of the molecule is COCCNC(=O)c1cc2nc(N3CCCC(N)C3)n(Cc3ccccc3C#N)c(=O)c2s1. The van der Waals surface area contributed by atoms with E-state index in [1.807, 2.05) is 17.0 Å². The summed E-state index contributed by atoms with van der Waals surface area (Å²) in [5.74, 6) is 0.247. The molecule has 0 spiro atoms. The fourth-order valence-corrected chi connectivity index (χ4v) is 4.94. The summed E-state index contributed by atoms with van der Waals surface area (Å²) in [6.07, 6.45) is 1.82. The van der Waals surface area contributed by atoms with Gasteiger partial charge < -0.3 is 20.7 Å². The summed E-state index contributed by atoms with van der Waals surface area (Å²) in [6, 6.07) is 11.1. The first-order valence-electron chi connectivity index (χ1n) is 10.8. The number of rotatable bonds is 7. The van der Waals surface area contributed by atoms with Crippen molar-refractivity contribution in [2.75, 3.05) is 38.3 Å². The number of nitrogens with zero attached hydrogens (tertiary/aromatic N) is 4. The summed E-state index contributed by atoms with van der Waals surface area (Å²) in [4.78, 5) is 33.4. The van der Waals surface area contributed by atoms with Crippen LogP contribution in [0.1, 0.15) is 33.6 Å². The van der Waals surface area contributed by atoms with Gasteiger partial charge in [0, 0.05) is 32.8 Å². The molecule has 10 heteroatoms. The maximum Gasteiger partial charge on any atom is 0.273 e. The highest BCUT2D eigenvalue weighted by atomic mass is 32.1. The van der Waals surface area contributed by atoms with E-state index in [-0.39, 0.29) is 24.1 Å². The molecule has 4 rings (SSSR count). The monoisotopic (exact) mass is 466 g/mol. The fourth-order valence-electron chi connectivity index (χ4n) is 3.98. The number of carbonyl (C=O) groups is 1. The Hall–Kier alpha value is -3.26. The number of nitriles is 1. The number of fused-ring (bicyclic) bond motifs is 1. The Kier molecular flexibility index (Phi) is 7.03. The topological polar surface area (TPSA) is 126 Å². The highest BCUT2D eigenvalue weighted by Crippen LogP contribution is 2.26. The molecule has 1 unspecified atom stereocenters. The molecule has 1 aromatic carbocycles.